The average Bonchev–Trinajstić information content (AvgIpc) is 2.16. The number of rotatable bonds is 8. The van der Waals surface area contributed by atoms with Gasteiger partial charge < -0.3 is 4.90 Å². The number of nitrogens with zero attached hydrogens (tertiary/aromatic N) is 1. The molecule has 83 valence electrons. The number of hydrogen-bond acceptors (Lipinski definition) is 1. The Labute approximate surface area is 91.8 Å². The molecular formula is C12H26NSi. The summed E-state index contributed by atoms with van der Waals surface area (Å²) in [5.74, 6) is 0. The van der Waals surface area contributed by atoms with E-state index < -0.39 is 0 Å². The van der Waals surface area contributed by atoms with Gasteiger partial charge in [-0.2, -0.15) is 0 Å². The quantitative estimate of drug-likeness (QED) is 0.555. The van der Waals surface area contributed by atoms with Crippen LogP contribution in [0.5, 0.6) is 0 Å². The molecule has 1 nitrogen and oxygen atoms in total. The van der Waals surface area contributed by atoms with E-state index in [4.69, 9.17) is 0 Å². The summed E-state index contributed by atoms with van der Waals surface area (Å²) in [5, 5.41) is 0. The molecule has 0 aromatic heterocycles. The van der Waals surface area contributed by atoms with E-state index in [2.05, 4.69) is 44.7 Å². The molecule has 0 aliphatic rings. The third-order valence-corrected chi connectivity index (χ3v) is 4.92. The van der Waals surface area contributed by atoms with Crippen LogP contribution in [0.1, 0.15) is 39.5 Å². The first kappa shape index (κ1) is 13.8. The Balaban J connectivity index is 3.83. The molecule has 0 aromatic carbocycles. The summed E-state index contributed by atoms with van der Waals surface area (Å²) in [5.41, 5.74) is 2.48. The van der Waals surface area contributed by atoms with Crippen molar-refractivity contribution in [3.63, 3.8) is 0 Å². The highest BCUT2D eigenvalue weighted by atomic mass is 28.3. The fraction of sp³-hybridized carbons (Fsp3) is 0.833. The molecule has 0 rings (SSSR count). The Morgan fingerprint density at radius 3 is 1.86 bits per heavy atom. The molecule has 0 atom stereocenters. The minimum atomic E-state index is -0.187. The fourth-order valence-corrected chi connectivity index (χ4v) is 4.06. The van der Waals surface area contributed by atoms with E-state index in [0.29, 0.717) is 0 Å². The zero-order chi connectivity index (χ0) is 10.8. The van der Waals surface area contributed by atoms with Gasteiger partial charge in [-0.3, -0.25) is 0 Å². The number of unbranched alkanes of at least 4 members (excludes halogenated alkanes) is 2. The Bertz CT molecular complexity index is 135. The van der Waals surface area contributed by atoms with Gasteiger partial charge in [0.25, 0.3) is 0 Å². The predicted octanol–water partition coefficient (Wildman–Crippen LogP) is 3.70. The monoisotopic (exact) mass is 212 g/mol. The van der Waals surface area contributed by atoms with Gasteiger partial charge in [-0.1, -0.05) is 57.3 Å². The van der Waals surface area contributed by atoms with Crippen LogP contribution < -0.4 is 0 Å². The fourth-order valence-electron chi connectivity index (χ4n) is 1.35. The second-order valence-electron chi connectivity index (χ2n) is 4.14. The maximum atomic E-state index is 2.48. The Kier molecular flexibility index (Phi) is 9.16. The molecule has 0 spiro atoms. The first-order valence-corrected chi connectivity index (χ1v) is 7.89. The van der Waals surface area contributed by atoms with Crippen molar-refractivity contribution in [3.05, 3.63) is 11.9 Å². The van der Waals surface area contributed by atoms with E-state index in [1.54, 1.807) is 0 Å². The molecule has 0 N–H and O–H groups in total. The van der Waals surface area contributed by atoms with Crippen LogP contribution in [0.4, 0.5) is 0 Å². The van der Waals surface area contributed by atoms with Crippen LogP contribution in [-0.4, -0.2) is 27.8 Å². The summed E-state index contributed by atoms with van der Waals surface area (Å²) in [6.07, 6.45) is 7.76. The topological polar surface area (TPSA) is 3.24 Å². The van der Waals surface area contributed by atoms with Crippen molar-refractivity contribution in [2.75, 3.05) is 14.1 Å². The van der Waals surface area contributed by atoms with Crippen LogP contribution in [0, 0.1) is 0 Å². The average molecular weight is 212 g/mol. The SMILES string of the molecule is CCCC[Si](C=CN(C)C)CCCC. The molecule has 0 unspecified atom stereocenters. The summed E-state index contributed by atoms with van der Waals surface area (Å²) in [6, 6.07) is 2.93. The second kappa shape index (κ2) is 9.32. The molecule has 0 bridgehead atoms. The highest BCUT2D eigenvalue weighted by Crippen LogP contribution is 2.11. The molecular weight excluding hydrogens is 186 g/mol. The standard InChI is InChI=1S/C12H26NSi/c1-5-7-10-14(11-8-6-2)12-9-13(3)4/h9,12H,5-8,10-11H2,1-4H3. The van der Waals surface area contributed by atoms with Crippen LogP contribution in [0.3, 0.4) is 0 Å². The summed E-state index contributed by atoms with van der Waals surface area (Å²) >= 11 is 0. The summed E-state index contributed by atoms with van der Waals surface area (Å²) < 4.78 is 0. The zero-order valence-electron chi connectivity index (χ0n) is 10.3. The van der Waals surface area contributed by atoms with E-state index in [1.807, 2.05) is 0 Å². The molecule has 0 aromatic rings. The Hall–Kier alpha value is -0.243. The van der Waals surface area contributed by atoms with Gasteiger partial charge in [0.2, 0.25) is 0 Å². The van der Waals surface area contributed by atoms with E-state index >= 15 is 0 Å². The van der Waals surface area contributed by atoms with Crippen LogP contribution in [0.25, 0.3) is 0 Å². The van der Waals surface area contributed by atoms with Crippen LogP contribution in [0.2, 0.25) is 12.1 Å². The highest BCUT2D eigenvalue weighted by Gasteiger charge is 2.05. The van der Waals surface area contributed by atoms with Crippen molar-refractivity contribution in [2.45, 2.75) is 51.6 Å². The van der Waals surface area contributed by atoms with Crippen molar-refractivity contribution >= 4 is 8.80 Å². The predicted molar refractivity (Wildman–Crippen MR) is 68.0 cm³/mol. The minimum Gasteiger partial charge on any atom is -0.384 e. The maximum absolute atomic E-state index is 2.48. The maximum Gasteiger partial charge on any atom is 0.0777 e. The Morgan fingerprint density at radius 2 is 1.50 bits per heavy atom. The van der Waals surface area contributed by atoms with E-state index in [0.717, 1.165) is 0 Å². The first-order valence-electron chi connectivity index (χ1n) is 5.90. The minimum absolute atomic E-state index is 0.187. The lowest BCUT2D eigenvalue weighted by Crippen LogP contribution is -2.11. The zero-order valence-corrected chi connectivity index (χ0v) is 11.3. The van der Waals surface area contributed by atoms with E-state index in [9.17, 15) is 0 Å². The number of hydrogen-bond donors (Lipinski definition) is 0. The molecule has 0 amide bonds. The summed E-state index contributed by atoms with van der Waals surface area (Å²) in [4.78, 5) is 2.16. The second-order valence-corrected chi connectivity index (χ2v) is 6.79. The van der Waals surface area contributed by atoms with Crippen molar-refractivity contribution in [1.82, 2.24) is 4.90 Å². The molecule has 2 heteroatoms. The highest BCUT2D eigenvalue weighted by molar-refractivity contribution is 6.64. The largest absolute Gasteiger partial charge is 0.384 e. The van der Waals surface area contributed by atoms with Gasteiger partial charge in [-0.25, -0.2) is 0 Å². The molecule has 14 heavy (non-hydrogen) atoms. The summed E-state index contributed by atoms with van der Waals surface area (Å²) in [7, 11) is 4.03. The van der Waals surface area contributed by atoms with E-state index in [1.165, 1.54) is 37.8 Å². The Morgan fingerprint density at radius 1 is 1.00 bits per heavy atom. The third-order valence-electron chi connectivity index (χ3n) is 2.31. The molecule has 0 fully saturated rings. The van der Waals surface area contributed by atoms with Gasteiger partial charge in [0, 0.05) is 14.1 Å². The van der Waals surface area contributed by atoms with Crippen LogP contribution >= 0.6 is 0 Å². The molecule has 0 aliphatic heterocycles. The molecule has 0 aliphatic carbocycles. The van der Waals surface area contributed by atoms with Crippen LogP contribution in [0.15, 0.2) is 11.9 Å². The molecule has 1 radical (unpaired) electrons. The van der Waals surface area contributed by atoms with Gasteiger partial charge in [0.1, 0.15) is 0 Å². The summed E-state index contributed by atoms with van der Waals surface area (Å²) in [6.45, 7) is 4.57. The smallest absolute Gasteiger partial charge is 0.0777 e. The lowest BCUT2D eigenvalue weighted by Gasteiger charge is -2.11. The van der Waals surface area contributed by atoms with Gasteiger partial charge in [-0.15, -0.1) is 0 Å². The van der Waals surface area contributed by atoms with Gasteiger partial charge in [0.05, 0.1) is 8.80 Å². The van der Waals surface area contributed by atoms with Crippen LogP contribution in [-0.2, 0) is 0 Å². The first-order chi connectivity index (χ1) is 6.70. The van der Waals surface area contributed by atoms with Crippen molar-refractivity contribution in [2.24, 2.45) is 0 Å². The normalized spacial score (nSPS) is 11.5. The molecule has 0 saturated carbocycles. The van der Waals surface area contributed by atoms with E-state index in [-0.39, 0.29) is 8.80 Å². The molecule has 0 saturated heterocycles. The third kappa shape index (κ3) is 8.36. The van der Waals surface area contributed by atoms with Crippen molar-refractivity contribution < 1.29 is 0 Å². The van der Waals surface area contributed by atoms with Crippen molar-refractivity contribution in [1.29, 1.82) is 0 Å². The van der Waals surface area contributed by atoms with Gasteiger partial charge in [0.15, 0.2) is 0 Å². The lowest BCUT2D eigenvalue weighted by molar-refractivity contribution is 0.564. The van der Waals surface area contributed by atoms with Gasteiger partial charge in [-0.05, 0) is 6.20 Å². The lowest BCUT2D eigenvalue weighted by atomic mass is 10.4. The van der Waals surface area contributed by atoms with Gasteiger partial charge >= 0.3 is 0 Å². The molecule has 0 heterocycles. The van der Waals surface area contributed by atoms with Crippen molar-refractivity contribution in [3.8, 4) is 0 Å².